The third-order valence-electron chi connectivity index (χ3n) is 3.19. The minimum atomic E-state index is -3.15. The molecule has 102 valence electrons. The smallest absolute Gasteiger partial charge is 0.153 e. The molecule has 0 saturated carbocycles. The van der Waals surface area contributed by atoms with Crippen LogP contribution in [-0.4, -0.2) is 32.6 Å². The van der Waals surface area contributed by atoms with Crippen LogP contribution >= 0.6 is 0 Å². The molecule has 0 bridgehead atoms. The molecule has 1 unspecified atom stereocenters. The van der Waals surface area contributed by atoms with Gasteiger partial charge in [-0.1, -0.05) is 6.07 Å². The van der Waals surface area contributed by atoms with Gasteiger partial charge in [0, 0.05) is 11.8 Å². The van der Waals surface area contributed by atoms with Gasteiger partial charge < -0.3 is 10.1 Å². The van der Waals surface area contributed by atoms with Crippen molar-refractivity contribution in [1.29, 1.82) is 5.26 Å². The molecule has 1 fully saturated rings. The first-order chi connectivity index (χ1) is 8.99. The number of rotatable bonds is 3. The van der Waals surface area contributed by atoms with E-state index in [0.717, 1.165) is 0 Å². The van der Waals surface area contributed by atoms with E-state index in [1.54, 1.807) is 31.4 Å². The molecule has 5 nitrogen and oxygen atoms in total. The van der Waals surface area contributed by atoms with Crippen molar-refractivity contribution in [3.05, 3.63) is 24.3 Å². The van der Waals surface area contributed by atoms with E-state index >= 15 is 0 Å². The lowest BCUT2D eigenvalue weighted by molar-refractivity contribution is 0.415. The Labute approximate surface area is 113 Å². The van der Waals surface area contributed by atoms with Gasteiger partial charge in [-0.3, -0.25) is 0 Å². The molecular formula is C13H16N2O3S. The number of sulfone groups is 1. The summed E-state index contributed by atoms with van der Waals surface area (Å²) in [5.41, 5.74) is -0.346. The van der Waals surface area contributed by atoms with Crippen LogP contribution in [0.3, 0.4) is 0 Å². The molecule has 0 radical (unpaired) electrons. The van der Waals surface area contributed by atoms with Crippen LogP contribution in [0.1, 0.15) is 12.8 Å². The van der Waals surface area contributed by atoms with E-state index in [4.69, 9.17) is 4.74 Å². The molecule has 1 N–H and O–H groups in total. The zero-order valence-corrected chi connectivity index (χ0v) is 11.5. The minimum Gasteiger partial charge on any atom is -0.497 e. The van der Waals surface area contributed by atoms with Crippen LogP contribution in [0.2, 0.25) is 0 Å². The Hall–Kier alpha value is -1.74. The molecule has 1 saturated heterocycles. The highest BCUT2D eigenvalue weighted by atomic mass is 32.2. The van der Waals surface area contributed by atoms with Crippen molar-refractivity contribution < 1.29 is 13.2 Å². The van der Waals surface area contributed by atoms with Crippen LogP contribution < -0.4 is 10.1 Å². The molecular weight excluding hydrogens is 264 g/mol. The summed E-state index contributed by atoms with van der Waals surface area (Å²) >= 11 is 0. The van der Waals surface area contributed by atoms with E-state index in [2.05, 4.69) is 11.4 Å². The number of anilines is 1. The number of ether oxygens (including phenoxy) is 1. The van der Waals surface area contributed by atoms with Gasteiger partial charge in [0.05, 0.1) is 24.7 Å². The van der Waals surface area contributed by atoms with Gasteiger partial charge in [0.2, 0.25) is 0 Å². The molecule has 0 aliphatic carbocycles. The van der Waals surface area contributed by atoms with E-state index in [9.17, 15) is 13.7 Å². The maximum atomic E-state index is 11.7. The normalized spacial score (nSPS) is 25.3. The summed E-state index contributed by atoms with van der Waals surface area (Å²) in [6, 6.07) is 9.26. The molecule has 0 spiro atoms. The van der Waals surface area contributed by atoms with Crippen molar-refractivity contribution in [2.45, 2.75) is 18.4 Å². The lowest BCUT2D eigenvalue weighted by Gasteiger charge is -2.32. The van der Waals surface area contributed by atoms with Crippen molar-refractivity contribution in [2.75, 3.05) is 23.9 Å². The standard InChI is InChI=1S/C13H16N2O3S/c1-18-12-5-2-4-11(8-12)15-13(9-14)6-3-7-19(16,17)10-13/h2,4-5,8,15H,3,6-7,10H2,1H3. The molecule has 6 heteroatoms. The summed E-state index contributed by atoms with van der Waals surface area (Å²) in [4.78, 5) is 0. The zero-order valence-electron chi connectivity index (χ0n) is 10.7. The van der Waals surface area contributed by atoms with Crippen molar-refractivity contribution >= 4 is 15.5 Å². The zero-order chi connectivity index (χ0) is 13.9. The van der Waals surface area contributed by atoms with E-state index in [1.807, 2.05) is 0 Å². The molecule has 2 rings (SSSR count). The Morgan fingerprint density at radius 1 is 1.47 bits per heavy atom. The Morgan fingerprint density at radius 3 is 2.89 bits per heavy atom. The highest BCUT2D eigenvalue weighted by Crippen LogP contribution is 2.28. The fraction of sp³-hybridized carbons (Fsp3) is 0.462. The van der Waals surface area contributed by atoms with E-state index < -0.39 is 15.4 Å². The third kappa shape index (κ3) is 3.18. The Balaban J connectivity index is 2.26. The van der Waals surface area contributed by atoms with Gasteiger partial charge in [0.15, 0.2) is 9.84 Å². The highest BCUT2D eigenvalue weighted by Gasteiger charge is 2.39. The third-order valence-corrected chi connectivity index (χ3v) is 5.04. The second-order valence-corrected chi connectivity index (χ2v) is 6.93. The summed E-state index contributed by atoms with van der Waals surface area (Å²) in [5.74, 6) is 0.681. The topological polar surface area (TPSA) is 79.2 Å². The van der Waals surface area contributed by atoms with Crippen molar-refractivity contribution in [3.8, 4) is 11.8 Å². The number of methoxy groups -OCH3 is 1. The Kier molecular flexibility index (Phi) is 3.67. The second kappa shape index (κ2) is 5.10. The molecule has 1 aromatic carbocycles. The Morgan fingerprint density at radius 2 is 2.26 bits per heavy atom. The lowest BCUT2D eigenvalue weighted by atomic mass is 9.97. The van der Waals surface area contributed by atoms with Gasteiger partial charge in [-0.25, -0.2) is 8.42 Å². The summed E-state index contributed by atoms with van der Waals surface area (Å²) < 4.78 is 28.6. The van der Waals surface area contributed by atoms with Crippen LogP contribution in [0.4, 0.5) is 5.69 Å². The fourth-order valence-electron chi connectivity index (χ4n) is 2.31. The van der Waals surface area contributed by atoms with Crippen molar-refractivity contribution in [2.24, 2.45) is 0 Å². The maximum absolute atomic E-state index is 11.7. The maximum Gasteiger partial charge on any atom is 0.153 e. The molecule has 0 aromatic heterocycles. The fourth-order valence-corrected chi connectivity index (χ4v) is 4.07. The molecule has 1 aliphatic rings. The first kappa shape index (κ1) is 13.7. The molecule has 19 heavy (non-hydrogen) atoms. The molecule has 1 aliphatic heterocycles. The van der Waals surface area contributed by atoms with E-state index in [1.165, 1.54) is 0 Å². The van der Waals surface area contributed by atoms with Gasteiger partial charge in [-0.15, -0.1) is 0 Å². The van der Waals surface area contributed by atoms with Gasteiger partial charge in [0.25, 0.3) is 0 Å². The van der Waals surface area contributed by atoms with Crippen LogP contribution in [0, 0.1) is 11.3 Å². The van der Waals surface area contributed by atoms with Gasteiger partial charge in [0.1, 0.15) is 11.3 Å². The SMILES string of the molecule is COc1cccc(NC2(C#N)CCCS(=O)(=O)C2)c1. The summed E-state index contributed by atoms with van der Waals surface area (Å²) in [6.45, 7) is 0. The predicted molar refractivity (Wildman–Crippen MR) is 72.8 cm³/mol. The second-order valence-electron chi connectivity index (χ2n) is 4.75. The van der Waals surface area contributed by atoms with Crippen LogP contribution in [0.25, 0.3) is 0 Å². The average Bonchev–Trinajstić information content (AvgIpc) is 2.38. The van der Waals surface area contributed by atoms with Gasteiger partial charge >= 0.3 is 0 Å². The molecule has 1 aromatic rings. The molecule has 1 atom stereocenters. The van der Waals surface area contributed by atoms with Crippen molar-refractivity contribution in [1.82, 2.24) is 0 Å². The van der Waals surface area contributed by atoms with Gasteiger partial charge in [-0.2, -0.15) is 5.26 Å². The average molecular weight is 280 g/mol. The minimum absolute atomic E-state index is 0.145. The summed E-state index contributed by atoms with van der Waals surface area (Å²) in [7, 11) is -1.59. The first-order valence-corrected chi connectivity index (χ1v) is 7.85. The van der Waals surface area contributed by atoms with Crippen LogP contribution in [0.15, 0.2) is 24.3 Å². The van der Waals surface area contributed by atoms with Crippen LogP contribution in [-0.2, 0) is 9.84 Å². The molecule has 1 heterocycles. The highest BCUT2D eigenvalue weighted by molar-refractivity contribution is 7.91. The number of hydrogen-bond acceptors (Lipinski definition) is 5. The quantitative estimate of drug-likeness (QED) is 0.909. The predicted octanol–water partition coefficient (Wildman–Crippen LogP) is 1.58. The Bertz CT molecular complexity index is 607. The number of nitriles is 1. The van der Waals surface area contributed by atoms with Crippen molar-refractivity contribution in [3.63, 3.8) is 0 Å². The largest absolute Gasteiger partial charge is 0.497 e. The lowest BCUT2D eigenvalue weighted by Crippen LogP contribution is -2.47. The number of nitrogens with zero attached hydrogens (tertiary/aromatic N) is 1. The van der Waals surface area contributed by atoms with E-state index in [0.29, 0.717) is 24.3 Å². The molecule has 0 amide bonds. The van der Waals surface area contributed by atoms with Crippen LogP contribution in [0.5, 0.6) is 5.75 Å². The number of hydrogen-bond donors (Lipinski definition) is 1. The summed E-state index contributed by atoms with van der Waals surface area (Å²) in [5, 5.41) is 12.4. The monoisotopic (exact) mass is 280 g/mol. The number of nitrogens with one attached hydrogen (secondary N) is 1. The number of benzene rings is 1. The van der Waals surface area contributed by atoms with Gasteiger partial charge in [-0.05, 0) is 25.0 Å². The first-order valence-electron chi connectivity index (χ1n) is 6.03. The summed E-state index contributed by atoms with van der Waals surface area (Å²) in [6.07, 6.45) is 1.03. The van der Waals surface area contributed by atoms with E-state index in [-0.39, 0.29) is 11.5 Å².